The van der Waals surface area contributed by atoms with E-state index < -0.39 is 5.97 Å². The number of ether oxygens (including phenoxy) is 1. The third-order valence-electron chi connectivity index (χ3n) is 4.78. The number of amides is 1. The van der Waals surface area contributed by atoms with Gasteiger partial charge in [0.25, 0.3) is 0 Å². The molecule has 1 saturated heterocycles. The highest BCUT2D eigenvalue weighted by atomic mass is 16.5. The largest absolute Gasteiger partial charge is 0.465 e. The molecule has 0 aliphatic carbocycles. The Morgan fingerprint density at radius 2 is 2.00 bits per heavy atom. The van der Waals surface area contributed by atoms with E-state index in [0.717, 1.165) is 38.4 Å². The number of hydrogen-bond donors (Lipinski definition) is 1. The van der Waals surface area contributed by atoms with Gasteiger partial charge in [0.05, 0.1) is 30.3 Å². The Kier molecular flexibility index (Phi) is 6.49. The van der Waals surface area contributed by atoms with Crippen molar-refractivity contribution in [2.75, 3.05) is 50.1 Å². The van der Waals surface area contributed by atoms with Gasteiger partial charge in [-0.15, -0.1) is 0 Å². The maximum atomic E-state index is 12.4. The third-order valence-corrected chi connectivity index (χ3v) is 4.78. The fourth-order valence-corrected chi connectivity index (χ4v) is 3.18. The summed E-state index contributed by atoms with van der Waals surface area (Å²) in [6.45, 7) is 6.81. The van der Waals surface area contributed by atoms with E-state index in [1.165, 1.54) is 13.2 Å². The molecule has 7 heteroatoms. The van der Waals surface area contributed by atoms with Crippen LogP contribution in [0.25, 0.3) is 6.08 Å². The third kappa shape index (κ3) is 4.80. The van der Waals surface area contributed by atoms with Gasteiger partial charge in [0.15, 0.2) is 0 Å². The van der Waals surface area contributed by atoms with Crippen molar-refractivity contribution < 1.29 is 18.7 Å². The van der Waals surface area contributed by atoms with Crippen LogP contribution in [0.4, 0.5) is 11.4 Å². The summed E-state index contributed by atoms with van der Waals surface area (Å²) in [6, 6.07) is 8.76. The van der Waals surface area contributed by atoms with Crippen LogP contribution in [0.2, 0.25) is 0 Å². The second kappa shape index (κ2) is 9.23. The van der Waals surface area contributed by atoms with Gasteiger partial charge in [-0.1, -0.05) is 6.92 Å². The maximum Gasteiger partial charge on any atom is 0.337 e. The zero-order valence-corrected chi connectivity index (χ0v) is 16.2. The fourth-order valence-electron chi connectivity index (χ4n) is 3.18. The van der Waals surface area contributed by atoms with Crippen molar-refractivity contribution in [3.05, 3.63) is 54.0 Å². The van der Waals surface area contributed by atoms with Gasteiger partial charge < -0.3 is 24.3 Å². The van der Waals surface area contributed by atoms with Crippen LogP contribution in [0.1, 0.15) is 23.0 Å². The molecule has 1 fully saturated rings. The van der Waals surface area contributed by atoms with Crippen LogP contribution in [0.3, 0.4) is 0 Å². The van der Waals surface area contributed by atoms with Crippen LogP contribution >= 0.6 is 0 Å². The predicted molar refractivity (Wildman–Crippen MR) is 108 cm³/mol. The average Bonchev–Trinajstić information content (AvgIpc) is 3.25. The fraction of sp³-hybridized carbons (Fsp3) is 0.333. The number of nitrogens with one attached hydrogen (secondary N) is 1. The van der Waals surface area contributed by atoms with E-state index in [0.29, 0.717) is 17.0 Å². The number of nitrogens with zero attached hydrogens (tertiary/aromatic N) is 2. The zero-order chi connectivity index (χ0) is 19.9. The van der Waals surface area contributed by atoms with E-state index in [1.54, 1.807) is 36.6 Å². The first-order valence-electron chi connectivity index (χ1n) is 9.33. The summed E-state index contributed by atoms with van der Waals surface area (Å²) in [4.78, 5) is 28.9. The van der Waals surface area contributed by atoms with Crippen molar-refractivity contribution in [3.63, 3.8) is 0 Å². The lowest BCUT2D eigenvalue weighted by Gasteiger charge is -2.36. The van der Waals surface area contributed by atoms with E-state index in [2.05, 4.69) is 22.0 Å². The molecular formula is C21H25N3O4. The number of anilines is 2. The second-order valence-corrected chi connectivity index (χ2v) is 6.48. The van der Waals surface area contributed by atoms with Gasteiger partial charge in [-0.3, -0.25) is 4.79 Å². The molecule has 1 N–H and O–H groups in total. The van der Waals surface area contributed by atoms with Gasteiger partial charge in [0, 0.05) is 32.3 Å². The number of esters is 1. The number of methoxy groups -OCH3 is 1. The van der Waals surface area contributed by atoms with Crippen LogP contribution in [-0.4, -0.2) is 56.6 Å². The van der Waals surface area contributed by atoms with Crippen molar-refractivity contribution >= 4 is 29.3 Å². The minimum atomic E-state index is -0.441. The molecule has 2 aromatic rings. The summed E-state index contributed by atoms with van der Waals surface area (Å²) in [5.41, 5.74) is 1.87. The van der Waals surface area contributed by atoms with Crippen LogP contribution in [0.5, 0.6) is 0 Å². The molecule has 0 saturated carbocycles. The quantitative estimate of drug-likeness (QED) is 0.611. The number of hydrogen-bond acceptors (Lipinski definition) is 6. The predicted octanol–water partition coefficient (Wildman–Crippen LogP) is 2.86. The highest BCUT2D eigenvalue weighted by Gasteiger charge is 2.20. The van der Waals surface area contributed by atoms with E-state index in [9.17, 15) is 9.59 Å². The average molecular weight is 383 g/mol. The molecule has 3 rings (SSSR count). The maximum absolute atomic E-state index is 12.4. The van der Waals surface area contributed by atoms with Crippen LogP contribution in [0, 0.1) is 0 Å². The lowest BCUT2D eigenvalue weighted by Crippen LogP contribution is -2.46. The number of piperazine rings is 1. The Morgan fingerprint density at radius 1 is 1.21 bits per heavy atom. The number of carbonyl (C=O) groups excluding carboxylic acids is 2. The standard InChI is InChI=1S/C21H25N3O4/c1-3-23-10-12-24(13-11-23)19-8-6-16(21(26)27-2)15-18(19)22-20(25)9-7-17-5-4-14-28-17/h4-9,14-15H,3,10-13H2,1-2H3,(H,22,25). The molecule has 0 atom stereocenters. The molecular weight excluding hydrogens is 358 g/mol. The normalized spacial score (nSPS) is 15.0. The summed E-state index contributed by atoms with van der Waals surface area (Å²) in [6.07, 6.45) is 4.55. The lowest BCUT2D eigenvalue weighted by molar-refractivity contribution is -0.111. The Balaban J connectivity index is 1.81. The van der Waals surface area contributed by atoms with Crippen molar-refractivity contribution in [3.8, 4) is 0 Å². The molecule has 1 aromatic heterocycles. The summed E-state index contributed by atoms with van der Waals surface area (Å²) in [7, 11) is 1.34. The number of carbonyl (C=O) groups is 2. The first-order valence-corrected chi connectivity index (χ1v) is 9.33. The van der Waals surface area contributed by atoms with Crippen LogP contribution in [0.15, 0.2) is 47.1 Å². The summed E-state index contributed by atoms with van der Waals surface area (Å²) in [5, 5.41) is 2.88. The van der Waals surface area contributed by atoms with Gasteiger partial charge in [-0.2, -0.15) is 0 Å². The first-order chi connectivity index (χ1) is 13.6. The van der Waals surface area contributed by atoms with Gasteiger partial charge in [-0.05, 0) is 43.0 Å². The number of likely N-dealkylation sites (N-methyl/N-ethyl adjacent to an activating group) is 1. The van der Waals surface area contributed by atoms with E-state index >= 15 is 0 Å². The molecule has 1 aliphatic rings. The van der Waals surface area contributed by atoms with E-state index in [1.807, 2.05) is 6.07 Å². The smallest absolute Gasteiger partial charge is 0.337 e. The van der Waals surface area contributed by atoms with Gasteiger partial charge in [0.1, 0.15) is 5.76 Å². The van der Waals surface area contributed by atoms with Crippen LogP contribution in [-0.2, 0) is 9.53 Å². The molecule has 7 nitrogen and oxygen atoms in total. The molecule has 28 heavy (non-hydrogen) atoms. The Labute approximate surface area is 164 Å². The number of furan rings is 1. The zero-order valence-electron chi connectivity index (χ0n) is 16.2. The second-order valence-electron chi connectivity index (χ2n) is 6.48. The van der Waals surface area contributed by atoms with Crippen molar-refractivity contribution in [2.45, 2.75) is 6.92 Å². The van der Waals surface area contributed by atoms with Crippen molar-refractivity contribution in [1.82, 2.24) is 4.90 Å². The first kappa shape index (κ1) is 19.7. The summed E-state index contributed by atoms with van der Waals surface area (Å²) < 4.78 is 10.0. The summed E-state index contributed by atoms with van der Waals surface area (Å²) >= 11 is 0. The monoisotopic (exact) mass is 383 g/mol. The molecule has 0 spiro atoms. The van der Waals surface area contributed by atoms with Crippen LogP contribution < -0.4 is 10.2 Å². The lowest BCUT2D eigenvalue weighted by atomic mass is 10.1. The molecule has 2 heterocycles. The van der Waals surface area contributed by atoms with E-state index in [4.69, 9.17) is 9.15 Å². The topological polar surface area (TPSA) is 75.0 Å². The molecule has 1 aromatic carbocycles. The highest BCUT2D eigenvalue weighted by Crippen LogP contribution is 2.29. The van der Waals surface area contributed by atoms with Gasteiger partial charge >= 0.3 is 5.97 Å². The molecule has 0 unspecified atom stereocenters. The van der Waals surface area contributed by atoms with Crippen molar-refractivity contribution in [1.29, 1.82) is 0 Å². The van der Waals surface area contributed by atoms with Gasteiger partial charge in [-0.25, -0.2) is 4.79 Å². The minimum absolute atomic E-state index is 0.299. The molecule has 148 valence electrons. The molecule has 0 radical (unpaired) electrons. The minimum Gasteiger partial charge on any atom is -0.465 e. The summed E-state index contributed by atoms with van der Waals surface area (Å²) in [5.74, 6) is -0.148. The number of benzene rings is 1. The SMILES string of the molecule is CCN1CCN(c2ccc(C(=O)OC)cc2NC(=O)C=Cc2ccco2)CC1. The molecule has 0 bridgehead atoms. The molecule has 1 amide bonds. The Bertz CT molecular complexity index is 837. The highest BCUT2D eigenvalue weighted by molar-refractivity contribution is 6.04. The van der Waals surface area contributed by atoms with E-state index in [-0.39, 0.29) is 5.91 Å². The Morgan fingerprint density at radius 3 is 2.64 bits per heavy atom. The molecule has 1 aliphatic heterocycles. The van der Waals surface area contributed by atoms with Crippen molar-refractivity contribution in [2.24, 2.45) is 0 Å². The van der Waals surface area contributed by atoms with Gasteiger partial charge in [0.2, 0.25) is 5.91 Å². The Hall–Kier alpha value is -3.06. The number of rotatable bonds is 6.